The van der Waals surface area contributed by atoms with Crippen molar-refractivity contribution < 1.29 is 9.59 Å². The molecule has 1 atom stereocenters. The number of rotatable bonds is 4. The second-order valence-electron chi connectivity index (χ2n) is 9.04. The summed E-state index contributed by atoms with van der Waals surface area (Å²) >= 11 is 0. The van der Waals surface area contributed by atoms with E-state index < -0.39 is 0 Å². The minimum atomic E-state index is -0.349. The summed E-state index contributed by atoms with van der Waals surface area (Å²) in [6.07, 6.45) is 9.44. The molecule has 4 aliphatic carbocycles. The lowest BCUT2D eigenvalue weighted by molar-refractivity contribution is -0.118. The molecule has 1 aliphatic heterocycles. The highest BCUT2D eigenvalue weighted by atomic mass is 16.2. The third kappa shape index (κ3) is 3.01. The molecule has 27 heavy (non-hydrogen) atoms. The van der Waals surface area contributed by atoms with Gasteiger partial charge in [-0.25, -0.2) is 0 Å². The first-order valence-electron chi connectivity index (χ1n) is 10.4. The maximum absolute atomic E-state index is 12.8. The van der Waals surface area contributed by atoms with Crippen LogP contribution in [0.4, 0.5) is 5.69 Å². The van der Waals surface area contributed by atoms with E-state index in [2.05, 4.69) is 5.32 Å². The van der Waals surface area contributed by atoms with Crippen LogP contribution in [0.25, 0.3) is 0 Å². The van der Waals surface area contributed by atoms with E-state index >= 15 is 0 Å². The summed E-state index contributed by atoms with van der Waals surface area (Å²) in [6, 6.07) is 7.62. The van der Waals surface area contributed by atoms with E-state index in [0.29, 0.717) is 23.4 Å². The molecule has 5 heteroatoms. The summed E-state index contributed by atoms with van der Waals surface area (Å²) in [5.74, 6) is 2.90. The Kier molecular flexibility index (Phi) is 4.14. The molecule has 0 spiro atoms. The average molecular weight is 366 g/mol. The fourth-order valence-electron chi connectivity index (χ4n) is 6.40. The lowest BCUT2D eigenvalue weighted by Crippen LogP contribution is -2.55. The van der Waals surface area contributed by atoms with Crippen molar-refractivity contribution in [3.63, 3.8) is 0 Å². The molecular formula is C22H28N3O2. The van der Waals surface area contributed by atoms with Crippen molar-refractivity contribution in [3.8, 4) is 0 Å². The van der Waals surface area contributed by atoms with Gasteiger partial charge in [0.15, 0.2) is 0 Å². The number of benzene rings is 1. The Balaban J connectivity index is 1.27. The summed E-state index contributed by atoms with van der Waals surface area (Å²) in [7, 11) is 0. The molecule has 5 fully saturated rings. The van der Waals surface area contributed by atoms with Gasteiger partial charge in [-0.3, -0.25) is 9.59 Å². The maximum Gasteiger partial charge on any atom is 0.251 e. The first-order chi connectivity index (χ1) is 13.1. The van der Waals surface area contributed by atoms with Crippen LogP contribution in [-0.2, 0) is 4.79 Å². The fourth-order valence-corrected chi connectivity index (χ4v) is 6.40. The molecule has 143 valence electrons. The van der Waals surface area contributed by atoms with Crippen molar-refractivity contribution in [2.75, 3.05) is 11.4 Å². The minimum absolute atomic E-state index is 0.0402. The number of amides is 2. The van der Waals surface area contributed by atoms with Gasteiger partial charge in [-0.1, -0.05) is 0 Å². The standard InChI is InChI=1S/C22H28N3O2/c23-21(26)19-2-1-7-25(19)18-5-3-15(4-6-18)22(27)24-20-16-9-13-8-14(11-16)12-17(20)10-13/h2-6,13-14,16-17,19-20H,1,7-12H2,(H2,23,26)(H,24,27)/t13?,14?,16?,17?,19-,20?/m1/s1. The van der Waals surface area contributed by atoms with E-state index in [1.54, 1.807) is 0 Å². The molecule has 0 unspecified atom stereocenters. The van der Waals surface area contributed by atoms with Gasteiger partial charge in [-0.05, 0) is 92.9 Å². The third-order valence-corrected chi connectivity index (χ3v) is 7.37. The van der Waals surface area contributed by atoms with Crippen molar-refractivity contribution in [1.82, 2.24) is 5.32 Å². The fraction of sp³-hybridized carbons (Fsp3) is 0.591. The Morgan fingerprint density at radius 3 is 2.19 bits per heavy atom. The van der Waals surface area contributed by atoms with Gasteiger partial charge in [0.2, 0.25) is 5.91 Å². The highest BCUT2D eigenvalue weighted by Crippen LogP contribution is 2.53. The van der Waals surface area contributed by atoms with Crippen molar-refractivity contribution in [1.29, 1.82) is 0 Å². The van der Waals surface area contributed by atoms with Gasteiger partial charge < -0.3 is 16.0 Å². The predicted octanol–water partition coefficient (Wildman–Crippen LogP) is 2.51. The molecule has 1 saturated heterocycles. The number of primary amides is 1. The molecule has 2 amide bonds. The number of nitrogens with one attached hydrogen (secondary N) is 1. The Labute approximate surface area is 160 Å². The second kappa shape index (κ2) is 6.54. The second-order valence-corrected chi connectivity index (χ2v) is 9.04. The Hall–Kier alpha value is -2.04. The van der Waals surface area contributed by atoms with E-state index in [4.69, 9.17) is 5.73 Å². The van der Waals surface area contributed by atoms with Crippen LogP contribution >= 0.6 is 0 Å². The smallest absolute Gasteiger partial charge is 0.251 e. The van der Waals surface area contributed by atoms with Gasteiger partial charge in [0, 0.05) is 23.8 Å². The van der Waals surface area contributed by atoms with Crippen molar-refractivity contribution >= 4 is 17.5 Å². The van der Waals surface area contributed by atoms with Crippen molar-refractivity contribution in [3.05, 3.63) is 36.2 Å². The van der Waals surface area contributed by atoms with Gasteiger partial charge in [0.05, 0.1) is 0 Å². The van der Waals surface area contributed by atoms with E-state index in [0.717, 1.165) is 30.5 Å². The molecule has 5 nitrogen and oxygen atoms in total. The summed E-state index contributed by atoms with van der Waals surface area (Å²) in [5, 5.41) is 3.36. The van der Waals surface area contributed by atoms with Crippen LogP contribution in [-0.4, -0.2) is 30.4 Å². The topological polar surface area (TPSA) is 75.4 Å². The normalized spacial score (nSPS) is 36.8. The largest absolute Gasteiger partial charge is 0.368 e. The first-order valence-corrected chi connectivity index (χ1v) is 10.4. The summed E-state index contributed by atoms with van der Waals surface area (Å²) in [5.41, 5.74) is 7.13. The Morgan fingerprint density at radius 2 is 1.59 bits per heavy atom. The third-order valence-electron chi connectivity index (χ3n) is 7.37. The number of nitrogens with two attached hydrogens (primary N) is 1. The van der Waals surface area contributed by atoms with Crippen LogP contribution in [0.15, 0.2) is 24.3 Å². The molecule has 1 aromatic carbocycles. The van der Waals surface area contributed by atoms with Crippen LogP contribution in [0.1, 0.15) is 48.9 Å². The molecule has 5 aliphatic rings. The van der Waals surface area contributed by atoms with Crippen LogP contribution in [0.5, 0.6) is 0 Å². The van der Waals surface area contributed by atoms with E-state index in [1.165, 1.54) is 32.1 Å². The SMILES string of the molecule is NC(=O)[C@H]1[CH]CCN1c1ccc(C(=O)NC2C3CC4CC(C3)CC2C4)cc1. The highest BCUT2D eigenvalue weighted by Gasteiger charge is 2.48. The quantitative estimate of drug-likeness (QED) is 0.860. The molecular weight excluding hydrogens is 338 g/mol. The molecule has 0 aromatic heterocycles. The molecule has 1 aromatic rings. The molecule has 6 rings (SSSR count). The number of anilines is 1. The summed E-state index contributed by atoms with van der Waals surface area (Å²) < 4.78 is 0. The number of nitrogens with zero attached hydrogens (tertiary/aromatic N) is 1. The zero-order valence-electron chi connectivity index (χ0n) is 15.6. The Morgan fingerprint density at radius 1 is 0.963 bits per heavy atom. The van der Waals surface area contributed by atoms with Crippen LogP contribution in [0.2, 0.25) is 0 Å². The molecule has 4 bridgehead atoms. The van der Waals surface area contributed by atoms with Gasteiger partial charge in [0.25, 0.3) is 5.91 Å². The van der Waals surface area contributed by atoms with Gasteiger partial charge in [-0.2, -0.15) is 0 Å². The zero-order chi connectivity index (χ0) is 18.5. The average Bonchev–Trinajstić information content (AvgIpc) is 3.14. The molecule has 3 N–H and O–H groups in total. The van der Waals surface area contributed by atoms with E-state index in [1.807, 2.05) is 35.6 Å². The Bertz CT molecular complexity index is 716. The number of hydrogen-bond acceptors (Lipinski definition) is 3. The maximum atomic E-state index is 12.8. The molecule has 1 radical (unpaired) electrons. The van der Waals surface area contributed by atoms with Crippen LogP contribution in [0, 0.1) is 30.1 Å². The van der Waals surface area contributed by atoms with Crippen LogP contribution in [0.3, 0.4) is 0 Å². The van der Waals surface area contributed by atoms with Gasteiger partial charge in [-0.15, -0.1) is 0 Å². The lowest BCUT2D eigenvalue weighted by atomic mass is 9.54. The monoisotopic (exact) mass is 366 g/mol. The lowest BCUT2D eigenvalue weighted by Gasteiger charge is -2.54. The van der Waals surface area contributed by atoms with E-state index in [-0.39, 0.29) is 17.9 Å². The zero-order valence-corrected chi connectivity index (χ0v) is 15.6. The van der Waals surface area contributed by atoms with Gasteiger partial charge >= 0.3 is 0 Å². The van der Waals surface area contributed by atoms with E-state index in [9.17, 15) is 9.59 Å². The van der Waals surface area contributed by atoms with Crippen molar-refractivity contribution in [2.24, 2.45) is 29.4 Å². The number of carbonyl (C=O) groups is 2. The first kappa shape index (κ1) is 17.1. The van der Waals surface area contributed by atoms with Crippen LogP contribution < -0.4 is 16.0 Å². The summed E-state index contributed by atoms with van der Waals surface area (Å²) in [6.45, 7) is 0.785. The minimum Gasteiger partial charge on any atom is -0.368 e. The molecule has 4 saturated carbocycles. The highest BCUT2D eigenvalue weighted by molar-refractivity contribution is 5.95. The van der Waals surface area contributed by atoms with Gasteiger partial charge in [0.1, 0.15) is 6.04 Å². The summed E-state index contributed by atoms with van der Waals surface area (Å²) in [4.78, 5) is 26.4. The van der Waals surface area contributed by atoms with Crippen molar-refractivity contribution in [2.45, 2.75) is 50.6 Å². The number of carbonyl (C=O) groups excluding carboxylic acids is 2. The number of hydrogen-bond donors (Lipinski definition) is 2. The predicted molar refractivity (Wildman–Crippen MR) is 104 cm³/mol. The molecule has 1 heterocycles.